The molecular weight excluding hydrogens is 609 g/mol. The first-order valence-electron chi connectivity index (χ1n) is 16.9. The molecule has 226 valence electrons. The monoisotopic (exact) mass is 636 g/mol. The van der Waals surface area contributed by atoms with Crippen LogP contribution in [-0.4, -0.2) is 0 Å². The highest BCUT2D eigenvalue weighted by Crippen LogP contribution is 2.48. The normalized spacial score (nSPS) is 12.1. The van der Waals surface area contributed by atoms with Crippen molar-refractivity contribution < 1.29 is 0 Å². The Morgan fingerprint density at radius 2 is 0.735 bits per heavy atom. The molecule has 0 atom stereocenters. The fourth-order valence-corrected chi connectivity index (χ4v) is 9.72. The van der Waals surface area contributed by atoms with Crippen molar-refractivity contribution in [3.8, 4) is 22.3 Å². The summed E-state index contributed by atoms with van der Waals surface area (Å²) < 4.78 is 2.69. The van der Waals surface area contributed by atoms with Crippen LogP contribution in [0.4, 0.5) is 0 Å². The van der Waals surface area contributed by atoms with E-state index in [9.17, 15) is 0 Å². The first-order chi connectivity index (χ1) is 24.3. The molecule has 0 spiro atoms. The van der Waals surface area contributed by atoms with Crippen LogP contribution < -0.4 is 0 Å². The molecule has 0 saturated carbocycles. The van der Waals surface area contributed by atoms with Gasteiger partial charge in [0, 0.05) is 25.6 Å². The zero-order chi connectivity index (χ0) is 32.1. The van der Waals surface area contributed by atoms with Crippen molar-refractivity contribution in [2.75, 3.05) is 0 Å². The number of benzene rings is 10. The van der Waals surface area contributed by atoms with Gasteiger partial charge in [-0.15, -0.1) is 11.3 Å². The molecule has 0 amide bonds. The fraction of sp³-hybridized carbons (Fsp3) is 0. The largest absolute Gasteiger partial charge is 0.135 e. The van der Waals surface area contributed by atoms with E-state index in [1.807, 2.05) is 11.3 Å². The summed E-state index contributed by atoms with van der Waals surface area (Å²) in [5.74, 6) is 0. The molecule has 1 heteroatoms. The van der Waals surface area contributed by atoms with Crippen LogP contribution in [0.25, 0.3) is 107 Å². The van der Waals surface area contributed by atoms with E-state index in [-0.39, 0.29) is 0 Å². The molecule has 11 aromatic rings. The van der Waals surface area contributed by atoms with Gasteiger partial charge in [-0.2, -0.15) is 0 Å². The van der Waals surface area contributed by atoms with Crippen molar-refractivity contribution >= 4 is 96.1 Å². The second-order valence-corrected chi connectivity index (χ2v) is 14.2. The predicted octanol–water partition coefficient (Wildman–Crippen LogP) is 14.3. The standard InChI is InChI=1S/C48H28S/c1-2-12-30-27-31(22-21-29(30)11-1)45-37-17-7-9-19-39(37)46(40-20-10-8-18-38(40)45)32-23-26-44-43(28-32)42-25-24-41-35-15-4-3-13-33(35)34-14-5-6-16-36(34)47(41)48(42)49-44/h1-28H. The maximum atomic E-state index is 2.45. The second-order valence-electron chi connectivity index (χ2n) is 13.2. The minimum absolute atomic E-state index is 1.25. The van der Waals surface area contributed by atoms with Crippen LogP contribution in [0.2, 0.25) is 0 Å². The Hall–Kier alpha value is -6.02. The van der Waals surface area contributed by atoms with Crippen molar-refractivity contribution in [2.24, 2.45) is 0 Å². The summed E-state index contributed by atoms with van der Waals surface area (Å²) in [6.07, 6.45) is 0. The van der Waals surface area contributed by atoms with E-state index >= 15 is 0 Å². The predicted molar refractivity (Wildman–Crippen MR) is 215 cm³/mol. The lowest BCUT2D eigenvalue weighted by atomic mass is 9.85. The zero-order valence-corrected chi connectivity index (χ0v) is 27.4. The van der Waals surface area contributed by atoms with Gasteiger partial charge < -0.3 is 0 Å². The fourth-order valence-electron chi connectivity index (χ4n) is 8.47. The average molecular weight is 637 g/mol. The molecule has 0 bridgehead atoms. The lowest BCUT2D eigenvalue weighted by Crippen LogP contribution is -1.91. The third-order valence-corrected chi connectivity index (χ3v) is 11.8. The van der Waals surface area contributed by atoms with Gasteiger partial charge in [-0.05, 0) is 99.7 Å². The van der Waals surface area contributed by atoms with Gasteiger partial charge in [-0.25, -0.2) is 0 Å². The Morgan fingerprint density at radius 1 is 0.286 bits per heavy atom. The Labute approximate surface area is 287 Å². The highest BCUT2D eigenvalue weighted by Gasteiger charge is 2.19. The number of rotatable bonds is 2. The summed E-state index contributed by atoms with van der Waals surface area (Å²) in [6.45, 7) is 0. The van der Waals surface area contributed by atoms with Crippen molar-refractivity contribution in [1.82, 2.24) is 0 Å². The smallest absolute Gasteiger partial charge is 0.0440 e. The number of hydrogen-bond donors (Lipinski definition) is 0. The molecule has 1 aromatic heterocycles. The zero-order valence-electron chi connectivity index (χ0n) is 26.6. The van der Waals surface area contributed by atoms with Gasteiger partial charge in [0.15, 0.2) is 0 Å². The van der Waals surface area contributed by atoms with Gasteiger partial charge in [0.25, 0.3) is 0 Å². The Kier molecular flexibility index (Phi) is 5.64. The quantitative estimate of drug-likeness (QED) is 0.131. The van der Waals surface area contributed by atoms with Crippen LogP contribution in [0, 0.1) is 0 Å². The van der Waals surface area contributed by atoms with E-state index in [0.717, 1.165) is 0 Å². The summed E-state index contributed by atoms with van der Waals surface area (Å²) in [5, 5.41) is 18.3. The molecule has 49 heavy (non-hydrogen) atoms. The molecule has 11 rings (SSSR count). The van der Waals surface area contributed by atoms with Gasteiger partial charge in [-0.1, -0.05) is 152 Å². The minimum atomic E-state index is 1.25. The first-order valence-corrected chi connectivity index (χ1v) is 17.7. The molecule has 1 heterocycles. The maximum absolute atomic E-state index is 2.45. The van der Waals surface area contributed by atoms with Crippen molar-refractivity contribution in [3.63, 3.8) is 0 Å². The highest BCUT2D eigenvalue weighted by atomic mass is 32.1. The van der Waals surface area contributed by atoms with E-state index in [1.54, 1.807) is 0 Å². The number of hydrogen-bond acceptors (Lipinski definition) is 1. The third kappa shape index (κ3) is 3.85. The Bertz CT molecular complexity index is 3070. The molecule has 0 aliphatic heterocycles. The topological polar surface area (TPSA) is 0 Å². The van der Waals surface area contributed by atoms with Gasteiger partial charge in [-0.3, -0.25) is 0 Å². The van der Waals surface area contributed by atoms with Gasteiger partial charge in [0.05, 0.1) is 0 Å². The lowest BCUT2D eigenvalue weighted by molar-refractivity contribution is 1.69. The Balaban J connectivity index is 1.21. The molecule has 0 aliphatic rings. The summed E-state index contributed by atoms with van der Waals surface area (Å²) in [5.41, 5.74) is 5.11. The second kappa shape index (κ2) is 10.2. The van der Waals surface area contributed by atoms with Crippen LogP contribution in [0.15, 0.2) is 170 Å². The number of thiophene rings is 1. The summed E-state index contributed by atoms with van der Waals surface area (Å²) in [7, 11) is 0. The van der Waals surface area contributed by atoms with Crippen molar-refractivity contribution in [1.29, 1.82) is 0 Å². The van der Waals surface area contributed by atoms with Crippen LogP contribution in [0.1, 0.15) is 0 Å². The molecule has 0 saturated heterocycles. The van der Waals surface area contributed by atoms with E-state index in [2.05, 4.69) is 170 Å². The van der Waals surface area contributed by atoms with E-state index in [4.69, 9.17) is 0 Å². The molecule has 0 unspecified atom stereocenters. The van der Waals surface area contributed by atoms with Gasteiger partial charge >= 0.3 is 0 Å². The maximum Gasteiger partial charge on any atom is 0.0440 e. The van der Waals surface area contributed by atoms with Crippen molar-refractivity contribution in [2.45, 2.75) is 0 Å². The molecule has 0 fully saturated rings. The van der Waals surface area contributed by atoms with E-state index in [0.29, 0.717) is 0 Å². The van der Waals surface area contributed by atoms with E-state index < -0.39 is 0 Å². The summed E-state index contributed by atoms with van der Waals surface area (Å²) in [4.78, 5) is 0. The minimum Gasteiger partial charge on any atom is -0.135 e. The van der Waals surface area contributed by atoms with Crippen LogP contribution in [0.3, 0.4) is 0 Å². The van der Waals surface area contributed by atoms with Gasteiger partial charge in [0.1, 0.15) is 0 Å². The molecule has 0 aliphatic carbocycles. The molecular formula is C48H28S. The average Bonchev–Trinajstić information content (AvgIpc) is 3.55. The lowest BCUT2D eigenvalue weighted by Gasteiger charge is -2.18. The van der Waals surface area contributed by atoms with Crippen molar-refractivity contribution in [3.05, 3.63) is 170 Å². The molecule has 10 aromatic carbocycles. The first kappa shape index (κ1) is 27.0. The molecule has 0 nitrogen and oxygen atoms in total. The van der Waals surface area contributed by atoms with Gasteiger partial charge in [0.2, 0.25) is 0 Å². The van der Waals surface area contributed by atoms with Crippen LogP contribution in [0.5, 0.6) is 0 Å². The summed E-state index contributed by atoms with van der Waals surface area (Å²) >= 11 is 1.93. The summed E-state index contributed by atoms with van der Waals surface area (Å²) in [6, 6.07) is 63.1. The molecule has 0 radical (unpaired) electrons. The number of fused-ring (bicyclic) bond motifs is 13. The van der Waals surface area contributed by atoms with E-state index in [1.165, 1.54) is 107 Å². The van der Waals surface area contributed by atoms with Crippen LogP contribution in [-0.2, 0) is 0 Å². The molecule has 0 N–H and O–H groups in total. The highest BCUT2D eigenvalue weighted by molar-refractivity contribution is 7.26. The SMILES string of the molecule is c1ccc2cc(-c3c4ccccc4c(-c4ccc5sc6c(ccc7c8ccccc8c8ccccc8c76)c5c4)c4ccccc34)ccc2c1. The third-order valence-electron chi connectivity index (χ3n) is 10.6. The van der Waals surface area contributed by atoms with Crippen LogP contribution >= 0.6 is 11.3 Å². The Morgan fingerprint density at radius 3 is 1.37 bits per heavy atom.